The van der Waals surface area contributed by atoms with Gasteiger partial charge in [-0.1, -0.05) is 20.3 Å². The lowest BCUT2D eigenvalue weighted by molar-refractivity contribution is -0.137. The molecular weight excluding hydrogens is 961 g/mol. The molecule has 13 N–H and O–H groups in total. The van der Waals surface area contributed by atoms with Gasteiger partial charge in [-0.2, -0.15) is 16.1 Å². The van der Waals surface area contributed by atoms with Crippen LogP contribution in [0.3, 0.4) is 0 Å². The number of imidazole rings is 1. The third-order valence-corrected chi connectivity index (χ3v) is 15.3. The summed E-state index contributed by atoms with van der Waals surface area (Å²) in [5, 5.41) is 35.8. The standard InChI is InChI=1S/C34H57N10O18P3S/c1-34(2,28(48)31(49)38-13-10-23(46)37-12-7-3-6-11-36-22(45)9-5-4-8-21-24-19(15-66-21)42-33(50)43-24)16-59-65(56,57)62-64(54,55)58-14-20-27(61-63(51,52)53)26(47)32(60-20)44-18-41-25-29(35)39-17-40-30(25)44/h17-21,24,26-28,32,47-48H,3-16H2,1-2H3,(H,36,45)(H,37,46)(H,38,49)(H,54,55)(H,56,57)(H2,35,39,40)(H2,42,43,50)(H2,51,52,53)/t19-,20+,21-,24-,26+,27+,28-,32+/m0/s1. The average Bonchev–Trinajstić information content (AvgIpc) is 4.00. The molecule has 32 heteroatoms. The molecule has 5 rings (SSSR count). The fraction of sp³-hybridized carbons (Fsp3) is 0.735. The summed E-state index contributed by atoms with van der Waals surface area (Å²) in [7, 11) is -16.4. The second kappa shape index (κ2) is 23.3. The minimum absolute atomic E-state index is 0.0204. The third-order valence-electron chi connectivity index (χ3n) is 10.7. The van der Waals surface area contributed by atoms with Crippen LogP contribution >= 0.6 is 35.2 Å². The van der Waals surface area contributed by atoms with Crippen molar-refractivity contribution in [1.29, 1.82) is 0 Å². The number of urea groups is 1. The van der Waals surface area contributed by atoms with Crippen molar-refractivity contribution >= 4 is 76.0 Å². The second-order valence-electron chi connectivity index (χ2n) is 16.3. The van der Waals surface area contributed by atoms with Crippen LogP contribution < -0.4 is 32.3 Å². The van der Waals surface area contributed by atoms with Crippen LogP contribution in [-0.2, 0) is 50.7 Å². The fourth-order valence-electron chi connectivity index (χ4n) is 7.18. The van der Waals surface area contributed by atoms with Gasteiger partial charge in [0, 0.05) is 48.9 Å². The molecule has 0 bridgehead atoms. The minimum atomic E-state index is -5.58. The van der Waals surface area contributed by atoms with Gasteiger partial charge in [-0.15, -0.1) is 0 Å². The van der Waals surface area contributed by atoms with Crippen LogP contribution in [0.25, 0.3) is 11.2 Å². The van der Waals surface area contributed by atoms with Gasteiger partial charge in [0.1, 0.15) is 36.3 Å². The number of phosphoric ester groups is 3. The first-order chi connectivity index (χ1) is 30.9. The normalized spacial score (nSPS) is 25.3. The molecule has 5 amide bonds. The highest BCUT2D eigenvalue weighted by Crippen LogP contribution is 2.61. The summed E-state index contributed by atoms with van der Waals surface area (Å²) in [6.45, 7) is 1.20. The van der Waals surface area contributed by atoms with E-state index in [0.717, 1.165) is 55.1 Å². The first kappa shape index (κ1) is 53.6. The van der Waals surface area contributed by atoms with Gasteiger partial charge < -0.3 is 66.8 Å². The van der Waals surface area contributed by atoms with E-state index < -0.39 is 78.6 Å². The van der Waals surface area contributed by atoms with Gasteiger partial charge in [0.05, 0.1) is 31.6 Å². The predicted molar refractivity (Wildman–Crippen MR) is 230 cm³/mol. The number of nitrogens with two attached hydrogens (primary N) is 1. The molecule has 3 saturated heterocycles. The highest BCUT2D eigenvalue weighted by atomic mass is 32.2. The van der Waals surface area contributed by atoms with E-state index in [0.29, 0.717) is 31.2 Å². The molecular formula is C34H57N10O18P3S. The molecule has 0 radical (unpaired) electrons. The highest BCUT2D eigenvalue weighted by Gasteiger charge is 2.50. The maximum absolute atomic E-state index is 12.7. The number of amides is 5. The lowest BCUT2D eigenvalue weighted by Gasteiger charge is -2.30. The van der Waals surface area contributed by atoms with Crippen LogP contribution in [0.1, 0.15) is 71.4 Å². The predicted octanol–water partition coefficient (Wildman–Crippen LogP) is -0.583. The van der Waals surface area contributed by atoms with Crippen LogP contribution in [0.4, 0.5) is 10.6 Å². The molecule has 0 aromatic carbocycles. The number of nitrogens with one attached hydrogen (secondary N) is 5. The van der Waals surface area contributed by atoms with E-state index >= 15 is 0 Å². The summed E-state index contributed by atoms with van der Waals surface area (Å²) < 4.78 is 62.4. The van der Waals surface area contributed by atoms with Gasteiger partial charge in [-0.25, -0.2) is 33.4 Å². The number of aromatic nitrogens is 4. The maximum atomic E-state index is 12.7. The lowest BCUT2D eigenvalue weighted by atomic mass is 9.87. The van der Waals surface area contributed by atoms with Gasteiger partial charge >= 0.3 is 29.5 Å². The Labute approximate surface area is 382 Å². The Hall–Kier alpha value is -3.37. The molecule has 2 aromatic rings. The van der Waals surface area contributed by atoms with Crippen molar-refractivity contribution in [2.45, 2.75) is 113 Å². The van der Waals surface area contributed by atoms with Crippen molar-refractivity contribution in [1.82, 2.24) is 46.1 Å². The number of anilines is 1. The summed E-state index contributed by atoms with van der Waals surface area (Å²) in [6.07, 6.45) is -1.75. The number of carbonyl (C=O) groups is 4. The Morgan fingerprint density at radius 2 is 1.64 bits per heavy atom. The zero-order chi connectivity index (χ0) is 48.5. The molecule has 2 aromatic heterocycles. The number of aliphatic hydroxyl groups is 2. The zero-order valence-corrected chi connectivity index (χ0v) is 39.4. The van der Waals surface area contributed by atoms with Crippen LogP contribution in [0.2, 0.25) is 0 Å². The molecule has 10 atom stereocenters. The fourth-order valence-corrected chi connectivity index (χ4v) is 11.6. The van der Waals surface area contributed by atoms with Crippen molar-refractivity contribution in [2.75, 3.05) is 44.3 Å². The molecule has 0 aliphatic carbocycles. The van der Waals surface area contributed by atoms with E-state index in [1.54, 1.807) is 0 Å². The van der Waals surface area contributed by atoms with Crippen molar-refractivity contribution in [3.63, 3.8) is 0 Å². The van der Waals surface area contributed by atoms with E-state index in [4.69, 9.17) is 19.5 Å². The SMILES string of the molecule is CC(C)(COP(=O)(O)OP(=O)(O)OC[C@H]1O[C@@H](n2cnc3c(N)ncnc32)[C@H](O)[C@@H]1OP(=O)(O)O)[C@@H](O)C(=O)NCCC(=O)NCCCCCNC(=O)CCCC[C@@H]1SC[C@@H]2NC(=O)N[C@@H]21. The van der Waals surface area contributed by atoms with Crippen LogP contribution in [0.5, 0.6) is 0 Å². The van der Waals surface area contributed by atoms with Crippen molar-refractivity contribution in [2.24, 2.45) is 5.41 Å². The number of hydrogen-bond acceptors (Lipinski definition) is 19. The van der Waals surface area contributed by atoms with Gasteiger partial charge in [-0.3, -0.25) is 32.5 Å². The molecule has 3 aliphatic heterocycles. The topological polar surface area (TPSA) is 417 Å². The third kappa shape index (κ3) is 15.6. The summed E-state index contributed by atoms with van der Waals surface area (Å²) in [6, 6.07) is 0.216. The molecule has 0 saturated carbocycles. The molecule has 2 unspecified atom stereocenters. The molecule has 0 spiro atoms. The van der Waals surface area contributed by atoms with Gasteiger partial charge in [0.25, 0.3) is 0 Å². The second-order valence-corrected chi connectivity index (χ2v) is 21.9. The van der Waals surface area contributed by atoms with Crippen molar-refractivity contribution < 1.29 is 85.3 Å². The Morgan fingerprint density at radius 3 is 2.33 bits per heavy atom. The molecule has 372 valence electrons. The molecule has 66 heavy (non-hydrogen) atoms. The van der Waals surface area contributed by atoms with Crippen LogP contribution in [0.15, 0.2) is 12.7 Å². The number of phosphoric acid groups is 3. The van der Waals surface area contributed by atoms with E-state index in [1.165, 1.54) is 13.8 Å². The number of fused-ring (bicyclic) bond motifs is 2. The number of ether oxygens (including phenoxy) is 1. The molecule has 5 heterocycles. The first-order valence-electron chi connectivity index (χ1n) is 20.8. The van der Waals surface area contributed by atoms with E-state index in [-0.39, 0.29) is 59.9 Å². The minimum Gasteiger partial charge on any atom is -0.386 e. The molecule has 3 aliphatic rings. The number of unbranched alkanes of at least 4 members (excludes halogenated alkanes) is 3. The van der Waals surface area contributed by atoms with Crippen molar-refractivity contribution in [3.05, 3.63) is 12.7 Å². The number of rotatable bonds is 27. The van der Waals surface area contributed by atoms with Gasteiger partial charge in [0.15, 0.2) is 17.7 Å². The van der Waals surface area contributed by atoms with Crippen LogP contribution in [0, 0.1) is 5.41 Å². The molecule has 3 fully saturated rings. The first-order valence-corrected chi connectivity index (χ1v) is 26.4. The van der Waals surface area contributed by atoms with Crippen LogP contribution in [-0.4, -0.2) is 153 Å². The summed E-state index contributed by atoms with van der Waals surface area (Å²) >= 11 is 1.84. The Balaban J connectivity index is 0.938. The smallest absolute Gasteiger partial charge is 0.386 e. The quantitative estimate of drug-likeness (QED) is 0.0302. The van der Waals surface area contributed by atoms with E-state index in [2.05, 4.69) is 50.4 Å². The summed E-state index contributed by atoms with van der Waals surface area (Å²) in [4.78, 5) is 99.8. The van der Waals surface area contributed by atoms with Gasteiger partial charge in [-0.05, 0) is 32.1 Å². The number of thioether (sulfide) groups is 1. The number of carbonyl (C=O) groups excluding carboxylic acids is 4. The largest absolute Gasteiger partial charge is 0.481 e. The summed E-state index contributed by atoms with van der Waals surface area (Å²) in [5.74, 6) is -0.504. The maximum Gasteiger partial charge on any atom is 0.481 e. The Bertz CT molecular complexity index is 2170. The monoisotopic (exact) mass is 1020 g/mol. The van der Waals surface area contributed by atoms with Gasteiger partial charge in [0.2, 0.25) is 17.7 Å². The van der Waals surface area contributed by atoms with Crippen molar-refractivity contribution in [3.8, 4) is 0 Å². The Morgan fingerprint density at radius 1 is 0.955 bits per heavy atom. The van der Waals surface area contributed by atoms with E-state index in [9.17, 15) is 62.7 Å². The average molecular weight is 1020 g/mol. The number of aliphatic hydroxyl groups excluding tert-OH is 2. The zero-order valence-electron chi connectivity index (χ0n) is 35.9. The number of nitrogens with zero attached hydrogens (tertiary/aromatic N) is 4. The van der Waals surface area contributed by atoms with E-state index in [1.807, 2.05) is 11.8 Å². The number of hydrogen-bond donors (Lipinski definition) is 12. The highest BCUT2D eigenvalue weighted by molar-refractivity contribution is 8.00. The lowest BCUT2D eigenvalue weighted by Crippen LogP contribution is -2.46. The number of nitrogen functional groups attached to an aromatic ring is 1. The Kier molecular flexibility index (Phi) is 18.9. The molecule has 28 nitrogen and oxygen atoms in total. The summed E-state index contributed by atoms with van der Waals surface area (Å²) in [5.41, 5.74) is 4.27.